The highest BCUT2D eigenvalue weighted by atomic mass is 16.1. The van der Waals surface area contributed by atoms with Gasteiger partial charge in [-0.2, -0.15) is 0 Å². The Morgan fingerprint density at radius 3 is 2.11 bits per heavy atom. The van der Waals surface area contributed by atoms with Crippen molar-refractivity contribution in [1.82, 2.24) is 0 Å². The van der Waals surface area contributed by atoms with E-state index >= 15 is 0 Å². The molecule has 3 aromatic carbocycles. The van der Waals surface area contributed by atoms with Gasteiger partial charge in [-0.1, -0.05) is 72.8 Å². The van der Waals surface area contributed by atoms with Gasteiger partial charge in [-0.25, -0.2) is 0 Å². The highest BCUT2D eigenvalue weighted by Gasteiger charge is 2.00. The molecule has 3 rings (SSSR count). The summed E-state index contributed by atoms with van der Waals surface area (Å²) in [7, 11) is 0. The van der Waals surface area contributed by atoms with Gasteiger partial charge in [0, 0.05) is 0 Å². The van der Waals surface area contributed by atoms with Crippen molar-refractivity contribution in [3.63, 3.8) is 0 Å². The van der Waals surface area contributed by atoms with Crippen LogP contribution in [0.15, 0.2) is 72.8 Å². The number of hydrogen-bond donors (Lipinski definition) is 0. The lowest BCUT2D eigenvalue weighted by atomic mass is 9.99. The van der Waals surface area contributed by atoms with Crippen LogP contribution in [0.2, 0.25) is 0 Å². The Labute approximate surface area is 113 Å². The molecule has 0 unspecified atom stereocenters. The predicted octanol–water partition coefficient (Wildman–Crippen LogP) is 4.25. The first-order chi connectivity index (χ1) is 9.43. The van der Waals surface area contributed by atoms with Crippen molar-refractivity contribution in [1.29, 1.82) is 0 Å². The second-order valence-corrected chi connectivity index (χ2v) is 4.30. The molecule has 1 nitrogen and oxygen atoms in total. The minimum atomic E-state index is 1.00. The van der Waals surface area contributed by atoms with Crippen LogP contribution < -0.4 is 0 Å². The molecule has 0 saturated heterocycles. The summed E-state index contributed by atoms with van der Waals surface area (Å²) in [5, 5.41) is 2.68. The molecule has 0 amide bonds. The van der Waals surface area contributed by atoms with Crippen LogP contribution in [-0.4, -0.2) is 6.79 Å². The van der Waals surface area contributed by atoms with Gasteiger partial charge >= 0.3 is 0 Å². The van der Waals surface area contributed by atoms with Crippen molar-refractivity contribution in [2.75, 3.05) is 0 Å². The van der Waals surface area contributed by atoms with Gasteiger partial charge in [0.25, 0.3) is 0 Å². The SMILES string of the molecule is C=O.c1ccc(Cc2cccc3ccccc23)cc1. The summed E-state index contributed by atoms with van der Waals surface area (Å²) in [6.07, 6.45) is 1.00. The minimum absolute atomic E-state index is 1.00. The van der Waals surface area contributed by atoms with E-state index in [1.54, 1.807) is 0 Å². The topological polar surface area (TPSA) is 17.1 Å². The van der Waals surface area contributed by atoms with Crippen LogP contribution in [0.25, 0.3) is 10.8 Å². The second kappa shape index (κ2) is 6.50. The lowest BCUT2D eigenvalue weighted by Crippen LogP contribution is -1.89. The van der Waals surface area contributed by atoms with Crippen LogP contribution in [0.1, 0.15) is 11.1 Å². The van der Waals surface area contributed by atoms with Crippen LogP contribution in [0, 0.1) is 0 Å². The summed E-state index contributed by atoms with van der Waals surface area (Å²) < 4.78 is 0. The Balaban J connectivity index is 0.000000637. The fourth-order valence-electron chi connectivity index (χ4n) is 2.26. The van der Waals surface area contributed by atoms with Crippen molar-refractivity contribution >= 4 is 17.6 Å². The molecule has 3 aromatic rings. The summed E-state index contributed by atoms with van der Waals surface area (Å²) in [5.74, 6) is 0. The molecular formula is C18H16O. The monoisotopic (exact) mass is 248 g/mol. The van der Waals surface area contributed by atoms with Crippen molar-refractivity contribution in [2.24, 2.45) is 0 Å². The molecule has 0 atom stereocenters. The maximum absolute atomic E-state index is 8.00. The molecule has 0 aliphatic carbocycles. The van der Waals surface area contributed by atoms with E-state index in [9.17, 15) is 0 Å². The Morgan fingerprint density at radius 2 is 1.32 bits per heavy atom. The first-order valence-electron chi connectivity index (χ1n) is 6.23. The van der Waals surface area contributed by atoms with Crippen molar-refractivity contribution < 1.29 is 4.79 Å². The average molecular weight is 248 g/mol. The Bertz CT molecular complexity index is 639. The molecule has 0 spiro atoms. The lowest BCUT2D eigenvalue weighted by Gasteiger charge is -2.06. The normalized spacial score (nSPS) is 9.68. The first-order valence-corrected chi connectivity index (χ1v) is 6.23. The van der Waals surface area contributed by atoms with Crippen LogP contribution in [0.4, 0.5) is 0 Å². The third-order valence-corrected chi connectivity index (χ3v) is 3.12. The Morgan fingerprint density at radius 1 is 0.684 bits per heavy atom. The van der Waals surface area contributed by atoms with E-state index in [4.69, 9.17) is 4.79 Å². The van der Waals surface area contributed by atoms with Gasteiger partial charge in [0.2, 0.25) is 0 Å². The summed E-state index contributed by atoms with van der Waals surface area (Å²) in [6, 6.07) is 25.7. The summed E-state index contributed by atoms with van der Waals surface area (Å²) in [4.78, 5) is 8.00. The van der Waals surface area contributed by atoms with E-state index in [-0.39, 0.29) is 0 Å². The molecule has 0 fully saturated rings. The maximum atomic E-state index is 8.00. The van der Waals surface area contributed by atoms with Crippen molar-refractivity contribution in [2.45, 2.75) is 6.42 Å². The minimum Gasteiger partial charge on any atom is -0.307 e. The van der Waals surface area contributed by atoms with E-state index in [2.05, 4.69) is 72.8 Å². The van der Waals surface area contributed by atoms with Gasteiger partial charge in [0.1, 0.15) is 6.79 Å². The highest BCUT2D eigenvalue weighted by molar-refractivity contribution is 5.85. The zero-order chi connectivity index (χ0) is 13.5. The molecule has 0 N–H and O–H groups in total. The van der Waals surface area contributed by atoms with Gasteiger partial charge in [-0.15, -0.1) is 0 Å². The zero-order valence-electron chi connectivity index (χ0n) is 10.8. The predicted molar refractivity (Wildman–Crippen MR) is 80.3 cm³/mol. The summed E-state index contributed by atoms with van der Waals surface area (Å²) >= 11 is 0. The number of carbonyl (C=O) groups is 1. The molecule has 19 heavy (non-hydrogen) atoms. The molecule has 0 aliphatic heterocycles. The molecular weight excluding hydrogens is 232 g/mol. The molecule has 94 valence electrons. The van der Waals surface area contributed by atoms with Crippen LogP contribution in [0.3, 0.4) is 0 Å². The quantitative estimate of drug-likeness (QED) is 0.662. The second-order valence-electron chi connectivity index (χ2n) is 4.30. The number of benzene rings is 3. The van der Waals surface area contributed by atoms with Crippen molar-refractivity contribution in [3.05, 3.63) is 83.9 Å². The largest absolute Gasteiger partial charge is 0.307 e. The molecule has 0 heterocycles. The third-order valence-electron chi connectivity index (χ3n) is 3.12. The third kappa shape index (κ3) is 3.08. The molecule has 0 aromatic heterocycles. The average Bonchev–Trinajstić information content (AvgIpc) is 2.51. The zero-order valence-corrected chi connectivity index (χ0v) is 10.8. The fraction of sp³-hybridized carbons (Fsp3) is 0.0556. The van der Waals surface area contributed by atoms with Gasteiger partial charge in [0.15, 0.2) is 0 Å². The Kier molecular flexibility index (Phi) is 4.46. The van der Waals surface area contributed by atoms with E-state index in [1.807, 2.05) is 6.79 Å². The van der Waals surface area contributed by atoms with Gasteiger partial charge in [-0.05, 0) is 28.3 Å². The van der Waals surface area contributed by atoms with Crippen LogP contribution in [0.5, 0.6) is 0 Å². The van der Waals surface area contributed by atoms with Gasteiger partial charge < -0.3 is 4.79 Å². The molecule has 0 radical (unpaired) electrons. The summed E-state index contributed by atoms with van der Waals surface area (Å²) in [6.45, 7) is 2.00. The van der Waals surface area contributed by atoms with E-state index in [0.29, 0.717) is 0 Å². The number of rotatable bonds is 2. The van der Waals surface area contributed by atoms with Gasteiger partial charge in [0.05, 0.1) is 0 Å². The Hall–Kier alpha value is -2.41. The fourth-order valence-corrected chi connectivity index (χ4v) is 2.26. The smallest absolute Gasteiger partial charge is 0.106 e. The molecule has 0 bridgehead atoms. The lowest BCUT2D eigenvalue weighted by molar-refractivity contribution is -0.0979. The standard InChI is InChI=1S/C17H14.CH2O/c1-2-7-14(8-3-1)13-16-11-6-10-15-9-4-5-12-17(15)16;1-2/h1-12H,13H2;1H2. The van der Waals surface area contributed by atoms with E-state index in [0.717, 1.165) is 6.42 Å². The van der Waals surface area contributed by atoms with Crippen LogP contribution >= 0.6 is 0 Å². The molecule has 0 saturated carbocycles. The molecule has 0 aliphatic rings. The molecule has 1 heteroatoms. The summed E-state index contributed by atoms with van der Waals surface area (Å²) in [5.41, 5.74) is 2.76. The van der Waals surface area contributed by atoms with E-state index in [1.165, 1.54) is 21.9 Å². The maximum Gasteiger partial charge on any atom is 0.106 e. The highest BCUT2D eigenvalue weighted by Crippen LogP contribution is 2.21. The van der Waals surface area contributed by atoms with Crippen molar-refractivity contribution in [3.8, 4) is 0 Å². The van der Waals surface area contributed by atoms with Gasteiger partial charge in [-0.3, -0.25) is 0 Å². The van der Waals surface area contributed by atoms with E-state index < -0.39 is 0 Å². The number of fused-ring (bicyclic) bond motifs is 1. The van der Waals surface area contributed by atoms with Crippen LogP contribution in [-0.2, 0) is 11.2 Å². The first kappa shape index (κ1) is 13.0. The number of hydrogen-bond acceptors (Lipinski definition) is 1. The number of carbonyl (C=O) groups excluding carboxylic acids is 1.